The third-order valence-corrected chi connectivity index (χ3v) is 1.91. The van der Waals surface area contributed by atoms with Gasteiger partial charge in [0.25, 0.3) is 0 Å². The zero-order valence-corrected chi connectivity index (χ0v) is 7.77. The molecule has 0 aromatic carbocycles. The van der Waals surface area contributed by atoms with Gasteiger partial charge in [-0.15, -0.1) is 0 Å². The molecule has 0 unspecified atom stereocenters. The SMILES string of the molecule is C1=CN/C(=C/C=C2\C=CC=CN2)C=C1. The van der Waals surface area contributed by atoms with Crippen molar-refractivity contribution in [1.29, 1.82) is 0 Å². The fourth-order valence-corrected chi connectivity index (χ4v) is 1.20. The summed E-state index contributed by atoms with van der Waals surface area (Å²) in [5, 5.41) is 6.28. The Morgan fingerprint density at radius 1 is 0.714 bits per heavy atom. The molecule has 2 N–H and O–H groups in total. The minimum atomic E-state index is 1.09. The number of hydrogen-bond donors (Lipinski definition) is 2. The molecule has 0 bridgehead atoms. The van der Waals surface area contributed by atoms with Crippen LogP contribution in [0.1, 0.15) is 0 Å². The van der Waals surface area contributed by atoms with Crippen LogP contribution in [0.15, 0.2) is 72.4 Å². The molecule has 2 nitrogen and oxygen atoms in total. The van der Waals surface area contributed by atoms with Crippen LogP contribution in [0, 0.1) is 0 Å². The summed E-state index contributed by atoms with van der Waals surface area (Å²) in [6, 6.07) is 0. The van der Waals surface area contributed by atoms with Crippen LogP contribution in [-0.4, -0.2) is 0 Å². The number of hydrogen-bond acceptors (Lipinski definition) is 2. The van der Waals surface area contributed by atoms with Gasteiger partial charge in [0, 0.05) is 23.8 Å². The molecule has 0 radical (unpaired) electrons. The van der Waals surface area contributed by atoms with E-state index in [4.69, 9.17) is 0 Å². The Balaban J connectivity index is 2.04. The second-order valence-electron chi connectivity index (χ2n) is 2.97. The van der Waals surface area contributed by atoms with Gasteiger partial charge >= 0.3 is 0 Å². The Kier molecular flexibility index (Phi) is 2.67. The molecule has 0 aromatic rings. The van der Waals surface area contributed by atoms with Gasteiger partial charge in [-0.3, -0.25) is 0 Å². The van der Waals surface area contributed by atoms with Crippen molar-refractivity contribution in [3.05, 3.63) is 72.4 Å². The lowest BCUT2D eigenvalue weighted by Gasteiger charge is -2.06. The zero-order chi connectivity index (χ0) is 9.64. The largest absolute Gasteiger partial charge is 0.362 e. The Morgan fingerprint density at radius 2 is 1.21 bits per heavy atom. The maximum Gasteiger partial charge on any atom is 0.0380 e. The molecule has 14 heavy (non-hydrogen) atoms. The molecule has 0 atom stereocenters. The third-order valence-electron chi connectivity index (χ3n) is 1.91. The average molecular weight is 184 g/mol. The quantitative estimate of drug-likeness (QED) is 0.652. The lowest BCUT2D eigenvalue weighted by molar-refractivity contribution is 1.08. The van der Waals surface area contributed by atoms with Gasteiger partial charge in [-0.05, 0) is 36.5 Å². The molecule has 0 saturated carbocycles. The van der Waals surface area contributed by atoms with Gasteiger partial charge in [-0.2, -0.15) is 0 Å². The van der Waals surface area contributed by atoms with Crippen LogP contribution >= 0.6 is 0 Å². The molecule has 70 valence electrons. The Morgan fingerprint density at radius 3 is 1.57 bits per heavy atom. The lowest BCUT2D eigenvalue weighted by Crippen LogP contribution is -2.06. The Bertz CT molecular complexity index is 341. The van der Waals surface area contributed by atoms with E-state index >= 15 is 0 Å². The van der Waals surface area contributed by atoms with Crippen LogP contribution in [0.25, 0.3) is 0 Å². The highest BCUT2D eigenvalue weighted by atomic mass is 14.9. The van der Waals surface area contributed by atoms with Crippen LogP contribution < -0.4 is 10.6 Å². The van der Waals surface area contributed by atoms with Gasteiger partial charge in [-0.1, -0.05) is 12.2 Å². The molecule has 2 heteroatoms. The van der Waals surface area contributed by atoms with E-state index in [-0.39, 0.29) is 0 Å². The van der Waals surface area contributed by atoms with Gasteiger partial charge in [0.15, 0.2) is 0 Å². The first kappa shape index (κ1) is 8.63. The summed E-state index contributed by atoms with van der Waals surface area (Å²) in [6.45, 7) is 0. The summed E-state index contributed by atoms with van der Waals surface area (Å²) in [6.07, 6.45) is 19.9. The van der Waals surface area contributed by atoms with Crippen molar-refractivity contribution in [3.63, 3.8) is 0 Å². The van der Waals surface area contributed by atoms with E-state index in [0.29, 0.717) is 0 Å². The zero-order valence-electron chi connectivity index (χ0n) is 7.77. The van der Waals surface area contributed by atoms with Gasteiger partial charge < -0.3 is 10.6 Å². The fourth-order valence-electron chi connectivity index (χ4n) is 1.20. The number of nitrogens with one attached hydrogen (secondary N) is 2. The Labute approximate surface area is 83.7 Å². The summed E-state index contributed by atoms with van der Waals surface area (Å²) < 4.78 is 0. The van der Waals surface area contributed by atoms with Crippen molar-refractivity contribution >= 4 is 0 Å². The van der Waals surface area contributed by atoms with E-state index in [2.05, 4.69) is 10.6 Å². The van der Waals surface area contributed by atoms with Crippen molar-refractivity contribution < 1.29 is 0 Å². The highest BCUT2D eigenvalue weighted by molar-refractivity contribution is 5.35. The van der Waals surface area contributed by atoms with E-state index < -0.39 is 0 Å². The van der Waals surface area contributed by atoms with Gasteiger partial charge in [-0.25, -0.2) is 0 Å². The second-order valence-corrected chi connectivity index (χ2v) is 2.97. The molecule has 0 saturated heterocycles. The molecule has 2 rings (SSSR count). The minimum absolute atomic E-state index is 1.09. The summed E-state index contributed by atoms with van der Waals surface area (Å²) in [5.74, 6) is 0. The molecule has 2 aliphatic heterocycles. The van der Waals surface area contributed by atoms with Gasteiger partial charge in [0.2, 0.25) is 0 Å². The maximum atomic E-state index is 3.14. The fraction of sp³-hybridized carbons (Fsp3) is 0. The highest BCUT2D eigenvalue weighted by Crippen LogP contribution is 2.02. The smallest absolute Gasteiger partial charge is 0.0380 e. The summed E-state index contributed by atoms with van der Waals surface area (Å²) in [4.78, 5) is 0. The predicted molar refractivity (Wildman–Crippen MR) is 59.0 cm³/mol. The number of rotatable bonds is 1. The van der Waals surface area contributed by atoms with Crippen molar-refractivity contribution in [3.8, 4) is 0 Å². The van der Waals surface area contributed by atoms with Crippen molar-refractivity contribution in [2.24, 2.45) is 0 Å². The molecular formula is C12H12N2. The van der Waals surface area contributed by atoms with Crippen molar-refractivity contribution in [2.45, 2.75) is 0 Å². The molecule has 0 amide bonds. The summed E-state index contributed by atoms with van der Waals surface area (Å²) >= 11 is 0. The van der Waals surface area contributed by atoms with Crippen LogP contribution in [0.5, 0.6) is 0 Å². The minimum Gasteiger partial charge on any atom is -0.362 e. The van der Waals surface area contributed by atoms with Crippen LogP contribution in [0.3, 0.4) is 0 Å². The summed E-state index contributed by atoms with van der Waals surface area (Å²) in [7, 11) is 0. The lowest BCUT2D eigenvalue weighted by atomic mass is 10.2. The number of allylic oxidation sites excluding steroid dienone is 8. The van der Waals surface area contributed by atoms with Crippen molar-refractivity contribution in [2.75, 3.05) is 0 Å². The highest BCUT2D eigenvalue weighted by Gasteiger charge is 1.92. The first-order valence-electron chi connectivity index (χ1n) is 4.57. The Hall–Kier alpha value is -1.96. The normalized spacial score (nSPS) is 24.0. The first-order valence-corrected chi connectivity index (χ1v) is 4.57. The monoisotopic (exact) mass is 184 g/mol. The van der Waals surface area contributed by atoms with E-state index in [9.17, 15) is 0 Å². The predicted octanol–water partition coefficient (Wildman–Crippen LogP) is 2.10. The van der Waals surface area contributed by atoms with Crippen LogP contribution in [0.2, 0.25) is 0 Å². The molecule has 0 aliphatic carbocycles. The topological polar surface area (TPSA) is 24.1 Å². The van der Waals surface area contributed by atoms with Crippen molar-refractivity contribution in [1.82, 2.24) is 10.6 Å². The molecule has 2 aliphatic rings. The van der Waals surface area contributed by atoms with Gasteiger partial charge in [0.05, 0.1) is 0 Å². The molecule has 0 aromatic heterocycles. The van der Waals surface area contributed by atoms with Gasteiger partial charge in [0.1, 0.15) is 0 Å². The van der Waals surface area contributed by atoms with E-state index in [1.165, 1.54) is 0 Å². The molecule has 2 heterocycles. The van der Waals surface area contributed by atoms with Crippen LogP contribution in [-0.2, 0) is 0 Å². The average Bonchev–Trinajstić information content (AvgIpc) is 2.29. The first-order chi connectivity index (χ1) is 6.95. The number of dihydropyridines is 2. The van der Waals surface area contributed by atoms with Crippen LogP contribution in [0.4, 0.5) is 0 Å². The molecule has 0 fully saturated rings. The van der Waals surface area contributed by atoms with E-state index in [1.807, 2.05) is 61.0 Å². The standard InChI is InChI=1S/C12H12N2/c1-3-9-13-11(5-1)7-8-12-6-2-4-10-14-12/h1-10,13-14H/b11-7+,12-8+. The maximum absolute atomic E-state index is 3.14. The van der Waals surface area contributed by atoms with E-state index in [0.717, 1.165) is 11.4 Å². The molecule has 0 spiro atoms. The second kappa shape index (κ2) is 4.33. The third kappa shape index (κ3) is 2.26. The summed E-state index contributed by atoms with van der Waals surface area (Å²) in [5.41, 5.74) is 2.18. The molecular weight excluding hydrogens is 172 g/mol. The van der Waals surface area contributed by atoms with E-state index in [1.54, 1.807) is 0 Å².